The van der Waals surface area contributed by atoms with Crippen LogP contribution in [0.25, 0.3) is 0 Å². The second-order valence-corrected chi connectivity index (χ2v) is 9.22. The van der Waals surface area contributed by atoms with Gasteiger partial charge in [0.05, 0.1) is 10.5 Å². The van der Waals surface area contributed by atoms with Gasteiger partial charge in [0, 0.05) is 12.6 Å². The number of nitro benzene ring substituents is 1. The van der Waals surface area contributed by atoms with Crippen molar-refractivity contribution in [3.05, 3.63) is 88.0 Å². The molecule has 0 saturated heterocycles. The molecule has 184 valence electrons. The van der Waals surface area contributed by atoms with Gasteiger partial charge in [0.1, 0.15) is 23.0 Å². The molecule has 2 N–H and O–H groups in total. The molecule has 0 atom stereocenters. The van der Waals surface area contributed by atoms with Crippen molar-refractivity contribution in [2.75, 3.05) is 6.54 Å². The Labute approximate surface area is 202 Å². The van der Waals surface area contributed by atoms with Gasteiger partial charge in [-0.1, -0.05) is 43.7 Å². The van der Waals surface area contributed by atoms with Gasteiger partial charge in [-0.25, -0.2) is 17.9 Å². The fourth-order valence-corrected chi connectivity index (χ4v) is 4.31. The molecule has 0 unspecified atom stereocenters. The van der Waals surface area contributed by atoms with E-state index < -0.39 is 42.8 Å². The van der Waals surface area contributed by atoms with Crippen molar-refractivity contribution in [1.29, 1.82) is 0 Å². The van der Waals surface area contributed by atoms with Gasteiger partial charge in [0.25, 0.3) is 0 Å². The number of benzene rings is 3. The molecule has 0 radical (unpaired) electrons. The summed E-state index contributed by atoms with van der Waals surface area (Å²) in [6, 6.07) is 17.2. The normalized spacial score (nSPS) is 11.1. The zero-order valence-electron chi connectivity index (χ0n) is 18.8. The van der Waals surface area contributed by atoms with Crippen molar-refractivity contribution < 1.29 is 32.7 Å². The molecule has 0 aliphatic rings. The number of sulfonamides is 1. The highest BCUT2D eigenvalue weighted by Crippen LogP contribution is 2.39. The highest BCUT2D eigenvalue weighted by Gasteiger charge is 2.31. The number of carboxylic acids is 1. The summed E-state index contributed by atoms with van der Waals surface area (Å²) in [5, 5.41) is 21.0. The van der Waals surface area contributed by atoms with Gasteiger partial charge in [-0.2, -0.15) is 0 Å². The molecular formula is C24H24N2O8S. The second-order valence-electron chi connectivity index (χ2n) is 7.48. The number of hydrogen-bond donors (Lipinski definition) is 2. The zero-order valence-corrected chi connectivity index (χ0v) is 19.7. The lowest BCUT2D eigenvalue weighted by molar-refractivity contribution is -0.385. The maximum atomic E-state index is 12.9. The standard InChI is InChI=1S/C24H24N2O8S/c1-2-3-13-25-35(31,32)22-15-18(24(27)28)14-21(26(29)30)23(22)34-20-11-9-19(10-12-20)33-16-17-7-5-4-6-8-17/h4-12,14-15,25H,2-3,13,16H2,1H3,(H,27,28). The van der Waals surface area contributed by atoms with Crippen molar-refractivity contribution >= 4 is 21.7 Å². The second kappa shape index (κ2) is 11.4. The summed E-state index contributed by atoms with van der Waals surface area (Å²) >= 11 is 0. The zero-order chi connectivity index (χ0) is 25.4. The van der Waals surface area contributed by atoms with Gasteiger partial charge in [-0.15, -0.1) is 0 Å². The summed E-state index contributed by atoms with van der Waals surface area (Å²) in [5.74, 6) is -1.48. The molecule has 3 rings (SSSR count). The molecule has 10 nitrogen and oxygen atoms in total. The van der Waals surface area contributed by atoms with E-state index in [1.807, 2.05) is 37.3 Å². The highest BCUT2D eigenvalue weighted by atomic mass is 32.2. The topological polar surface area (TPSA) is 145 Å². The van der Waals surface area contributed by atoms with Crippen LogP contribution in [0.4, 0.5) is 5.69 Å². The number of nitrogens with one attached hydrogen (secondary N) is 1. The van der Waals surface area contributed by atoms with Crippen molar-refractivity contribution in [2.45, 2.75) is 31.3 Å². The average molecular weight is 501 g/mol. The minimum absolute atomic E-state index is 0.0802. The number of carbonyl (C=O) groups is 1. The third-order valence-corrected chi connectivity index (χ3v) is 6.35. The van der Waals surface area contributed by atoms with Gasteiger partial charge in [-0.3, -0.25) is 10.1 Å². The van der Waals surface area contributed by atoms with Crippen LogP contribution in [-0.2, 0) is 16.6 Å². The summed E-state index contributed by atoms with van der Waals surface area (Å²) in [5.41, 5.74) is -0.373. The lowest BCUT2D eigenvalue weighted by Crippen LogP contribution is -2.25. The van der Waals surface area contributed by atoms with E-state index in [1.54, 1.807) is 12.1 Å². The molecule has 0 heterocycles. The molecule has 0 aliphatic heterocycles. The average Bonchev–Trinajstić information content (AvgIpc) is 2.84. The summed E-state index contributed by atoms with van der Waals surface area (Å²) in [4.78, 5) is 21.7. The Morgan fingerprint density at radius 2 is 1.71 bits per heavy atom. The van der Waals surface area contributed by atoms with Crippen LogP contribution in [0.15, 0.2) is 71.6 Å². The molecule has 3 aromatic carbocycles. The fraction of sp³-hybridized carbons (Fsp3) is 0.208. The van der Waals surface area contributed by atoms with Crippen LogP contribution in [-0.4, -0.2) is 31.0 Å². The number of hydrogen-bond acceptors (Lipinski definition) is 7. The number of aromatic carboxylic acids is 1. The molecule has 0 saturated carbocycles. The van der Waals surface area contributed by atoms with Crippen molar-refractivity contribution in [3.63, 3.8) is 0 Å². The molecule has 3 aromatic rings. The van der Waals surface area contributed by atoms with E-state index in [4.69, 9.17) is 9.47 Å². The Morgan fingerprint density at radius 1 is 1.06 bits per heavy atom. The first kappa shape index (κ1) is 25.7. The van der Waals surface area contributed by atoms with Crippen LogP contribution in [0.5, 0.6) is 17.2 Å². The minimum atomic E-state index is -4.31. The third kappa shape index (κ3) is 6.78. The predicted molar refractivity (Wildman–Crippen MR) is 127 cm³/mol. The van der Waals surface area contributed by atoms with Gasteiger partial charge < -0.3 is 14.6 Å². The minimum Gasteiger partial charge on any atom is -0.489 e. The Morgan fingerprint density at radius 3 is 2.31 bits per heavy atom. The lowest BCUT2D eigenvalue weighted by atomic mass is 10.2. The molecular weight excluding hydrogens is 476 g/mol. The predicted octanol–water partition coefficient (Wildman–Crippen LogP) is 4.74. The van der Waals surface area contributed by atoms with Crippen LogP contribution >= 0.6 is 0 Å². The van der Waals surface area contributed by atoms with Crippen LogP contribution in [0.2, 0.25) is 0 Å². The molecule has 0 aromatic heterocycles. The molecule has 0 aliphatic carbocycles. The maximum Gasteiger partial charge on any atom is 0.335 e. The summed E-state index contributed by atoms with van der Waals surface area (Å²) < 4.78 is 39.5. The van der Waals surface area contributed by atoms with Crippen LogP contribution in [0.3, 0.4) is 0 Å². The monoisotopic (exact) mass is 500 g/mol. The van der Waals surface area contributed by atoms with E-state index in [1.165, 1.54) is 12.1 Å². The van der Waals surface area contributed by atoms with Crippen molar-refractivity contribution in [1.82, 2.24) is 4.72 Å². The van der Waals surface area contributed by atoms with Gasteiger partial charge in [0.2, 0.25) is 15.8 Å². The smallest absolute Gasteiger partial charge is 0.335 e. The Bertz CT molecular complexity index is 1290. The Kier molecular flexibility index (Phi) is 8.39. The van der Waals surface area contributed by atoms with Crippen molar-refractivity contribution in [2.24, 2.45) is 0 Å². The number of rotatable bonds is 12. The molecule has 0 spiro atoms. The first-order valence-electron chi connectivity index (χ1n) is 10.7. The number of unbranched alkanes of at least 4 members (excludes halogenated alkanes) is 1. The maximum absolute atomic E-state index is 12.9. The molecule has 35 heavy (non-hydrogen) atoms. The van der Waals surface area contributed by atoms with Crippen LogP contribution < -0.4 is 14.2 Å². The lowest BCUT2D eigenvalue weighted by Gasteiger charge is -2.14. The number of ether oxygens (including phenoxy) is 2. The Balaban J connectivity index is 1.93. The highest BCUT2D eigenvalue weighted by molar-refractivity contribution is 7.89. The SMILES string of the molecule is CCCCNS(=O)(=O)c1cc(C(=O)O)cc([N+](=O)[O-])c1Oc1ccc(OCc2ccccc2)cc1. The van der Waals surface area contributed by atoms with E-state index in [2.05, 4.69) is 4.72 Å². The largest absolute Gasteiger partial charge is 0.489 e. The molecule has 0 fully saturated rings. The molecule has 0 bridgehead atoms. The molecule has 0 amide bonds. The van der Waals surface area contributed by atoms with Crippen molar-refractivity contribution in [3.8, 4) is 17.2 Å². The number of nitro groups is 1. The Hall–Kier alpha value is -3.96. The van der Waals surface area contributed by atoms with E-state index in [9.17, 15) is 28.4 Å². The fourth-order valence-electron chi connectivity index (χ4n) is 3.07. The first-order valence-corrected chi connectivity index (χ1v) is 12.2. The van der Waals surface area contributed by atoms with Crippen LogP contribution in [0, 0.1) is 10.1 Å². The van der Waals surface area contributed by atoms with E-state index >= 15 is 0 Å². The van der Waals surface area contributed by atoms with Gasteiger partial charge in [0.15, 0.2) is 0 Å². The van der Waals surface area contributed by atoms with Gasteiger partial charge >= 0.3 is 11.7 Å². The third-order valence-electron chi connectivity index (χ3n) is 4.88. The first-order chi connectivity index (χ1) is 16.7. The van der Waals surface area contributed by atoms with E-state index in [0.717, 1.165) is 17.7 Å². The molecule has 11 heteroatoms. The summed E-state index contributed by atoms with van der Waals surface area (Å²) in [6.45, 7) is 2.28. The van der Waals surface area contributed by atoms with E-state index in [0.29, 0.717) is 25.2 Å². The number of carboxylic acid groups (broad SMARTS) is 1. The summed E-state index contributed by atoms with van der Waals surface area (Å²) in [7, 11) is -4.31. The quantitative estimate of drug-likeness (QED) is 0.206. The summed E-state index contributed by atoms with van der Waals surface area (Å²) in [6.07, 6.45) is 1.24. The number of nitrogens with zero attached hydrogens (tertiary/aromatic N) is 1. The van der Waals surface area contributed by atoms with Crippen LogP contribution in [0.1, 0.15) is 35.7 Å². The van der Waals surface area contributed by atoms with E-state index in [-0.39, 0.29) is 12.3 Å². The van der Waals surface area contributed by atoms with Gasteiger partial charge in [-0.05, 0) is 42.3 Å².